The van der Waals surface area contributed by atoms with Crippen molar-refractivity contribution in [3.05, 3.63) is 64.2 Å². The Morgan fingerprint density at radius 1 is 1.12 bits per heavy atom. The van der Waals surface area contributed by atoms with Gasteiger partial charge in [-0.25, -0.2) is 14.6 Å². The number of carbonyl (C=O) groups is 2. The number of nitrogens with zero attached hydrogens (tertiary/aromatic N) is 3. The fourth-order valence-electron chi connectivity index (χ4n) is 4.29. The molecule has 1 saturated heterocycles. The van der Waals surface area contributed by atoms with Crippen LogP contribution >= 0.6 is 23.1 Å². The Hall–Kier alpha value is -3.29. The lowest BCUT2D eigenvalue weighted by molar-refractivity contribution is -0.144. The van der Waals surface area contributed by atoms with E-state index in [1.54, 1.807) is 29.7 Å². The van der Waals surface area contributed by atoms with Gasteiger partial charge in [-0.15, -0.1) is 23.1 Å². The summed E-state index contributed by atoms with van der Waals surface area (Å²) in [6.07, 6.45) is -5.70. The lowest BCUT2D eigenvalue weighted by atomic mass is 10.1. The normalized spacial score (nSPS) is 15.0. The third-order valence-corrected chi connectivity index (χ3v) is 9.03. The van der Waals surface area contributed by atoms with Gasteiger partial charge in [0.1, 0.15) is 10.8 Å². The molecule has 0 spiro atoms. The number of halogens is 3. The van der Waals surface area contributed by atoms with Crippen molar-refractivity contribution >= 4 is 35.2 Å². The molecule has 1 aromatic heterocycles. The molecule has 2 aromatic carbocycles. The minimum absolute atomic E-state index is 0.322. The number of thiazole rings is 1. The average molecular weight is 624 g/mol. The van der Waals surface area contributed by atoms with E-state index in [9.17, 15) is 22.8 Å². The van der Waals surface area contributed by atoms with Crippen molar-refractivity contribution in [2.75, 3.05) is 32.8 Å². The van der Waals surface area contributed by atoms with E-state index in [2.05, 4.69) is 4.90 Å². The Bertz CT molecular complexity index is 1390. The van der Waals surface area contributed by atoms with Crippen LogP contribution in [0.3, 0.4) is 0 Å². The van der Waals surface area contributed by atoms with Crippen molar-refractivity contribution in [3.8, 4) is 16.3 Å². The minimum atomic E-state index is -4.41. The van der Waals surface area contributed by atoms with Gasteiger partial charge in [-0.1, -0.05) is 12.1 Å². The maximum absolute atomic E-state index is 13.1. The fourth-order valence-corrected chi connectivity index (χ4v) is 6.47. The summed E-state index contributed by atoms with van der Waals surface area (Å²) in [4.78, 5) is 33.9. The minimum Gasteiger partial charge on any atom is -0.479 e. The predicted octanol–water partition coefficient (Wildman–Crippen LogP) is 6.56. The Morgan fingerprint density at radius 3 is 2.40 bits per heavy atom. The third kappa shape index (κ3) is 8.17. The number of aryl methyl sites for hydroxylation is 1. The van der Waals surface area contributed by atoms with Crippen LogP contribution in [0.15, 0.2) is 47.4 Å². The third-order valence-electron chi connectivity index (χ3n) is 6.68. The van der Waals surface area contributed by atoms with Gasteiger partial charge in [0.2, 0.25) is 0 Å². The zero-order chi connectivity index (χ0) is 30.4. The molecular weight excluding hydrogens is 591 g/mol. The number of carbonyl (C=O) groups excluding carboxylic acids is 1. The van der Waals surface area contributed by atoms with Crippen molar-refractivity contribution in [3.63, 3.8) is 0 Å². The Morgan fingerprint density at radius 2 is 1.81 bits per heavy atom. The van der Waals surface area contributed by atoms with Crippen LogP contribution < -0.4 is 4.74 Å². The first-order valence-corrected chi connectivity index (χ1v) is 15.2. The lowest BCUT2D eigenvalue weighted by Crippen LogP contribution is -2.48. The number of alkyl halides is 3. The van der Waals surface area contributed by atoms with E-state index >= 15 is 0 Å². The maximum atomic E-state index is 13.1. The topological polar surface area (TPSA) is 92.2 Å². The number of aliphatic carboxylic acids is 1. The molecule has 1 fully saturated rings. The summed E-state index contributed by atoms with van der Waals surface area (Å²) < 4.78 is 49.9. The SMILES string of the molecule is CCOC(=O)N1CCN(Cc2nc(-c3ccc(C(F)(F)F)cc3)sc2CSc2ccc(OC(C)C(=O)O)c(C)c2)CC1. The smallest absolute Gasteiger partial charge is 0.416 e. The number of piperazine rings is 1. The van der Waals surface area contributed by atoms with E-state index in [0.717, 1.165) is 33.2 Å². The molecule has 0 radical (unpaired) electrons. The van der Waals surface area contributed by atoms with Crippen LogP contribution in [-0.2, 0) is 28.0 Å². The molecule has 3 aromatic rings. The molecule has 42 heavy (non-hydrogen) atoms. The number of hydrogen-bond acceptors (Lipinski definition) is 8. The summed E-state index contributed by atoms with van der Waals surface area (Å²) >= 11 is 3.03. The summed E-state index contributed by atoms with van der Waals surface area (Å²) in [5.41, 5.74) is 1.56. The van der Waals surface area contributed by atoms with E-state index in [4.69, 9.17) is 19.6 Å². The van der Waals surface area contributed by atoms with E-state index in [-0.39, 0.29) is 6.09 Å². The van der Waals surface area contributed by atoms with Gasteiger partial charge in [-0.05, 0) is 56.7 Å². The second kappa shape index (κ2) is 13.8. The highest BCUT2D eigenvalue weighted by Gasteiger charge is 2.30. The highest BCUT2D eigenvalue weighted by Crippen LogP contribution is 2.36. The number of thioether (sulfide) groups is 1. The fraction of sp³-hybridized carbons (Fsp3) is 0.414. The summed E-state index contributed by atoms with van der Waals surface area (Å²) in [6, 6.07) is 10.6. The zero-order valence-corrected chi connectivity index (χ0v) is 25.1. The number of aromatic nitrogens is 1. The summed E-state index contributed by atoms with van der Waals surface area (Å²) in [7, 11) is 0. The maximum Gasteiger partial charge on any atom is 0.416 e. The number of hydrogen-bond donors (Lipinski definition) is 1. The monoisotopic (exact) mass is 623 g/mol. The van der Waals surface area contributed by atoms with Crippen LogP contribution in [-0.4, -0.2) is 70.8 Å². The van der Waals surface area contributed by atoms with E-state index in [1.165, 1.54) is 30.4 Å². The van der Waals surface area contributed by atoms with E-state index < -0.39 is 23.8 Å². The molecular formula is C29H32F3N3O5S2. The second-order valence-electron chi connectivity index (χ2n) is 9.74. The molecule has 0 saturated carbocycles. The zero-order valence-electron chi connectivity index (χ0n) is 23.4. The largest absolute Gasteiger partial charge is 0.479 e. The van der Waals surface area contributed by atoms with Crippen molar-refractivity contribution in [2.45, 2.75) is 50.2 Å². The molecule has 1 unspecified atom stereocenters. The van der Waals surface area contributed by atoms with Gasteiger partial charge in [-0.2, -0.15) is 13.2 Å². The van der Waals surface area contributed by atoms with Gasteiger partial charge in [0.15, 0.2) is 6.10 Å². The van der Waals surface area contributed by atoms with Crippen LogP contribution in [0, 0.1) is 6.92 Å². The molecule has 1 N–H and O–H groups in total. The van der Waals surface area contributed by atoms with Gasteiger partial charge in [0, 0.05) is 53.8 Å². The first-order valence-electron chi connectivity index (χ1n) is 13.4. The number of carboxylic acid groups (broad SMARTS) is 1. The van der Waals surface area contributed by atoms with Crippen LogP contribution in [0.2, 0.25) is 0 Å². The van der Waals surface area contributed by atoms with Crippen molar-refractivity contribution < 1.29 is 37.3 Å². The molecule has 1 aliphatic rings. The first kappa shape index (κ1) is 31.6. The number of carboxylic acids is 1. The molecule has 8 nitrogen and oxygen atoms in total. The Labute approximate surface area is 250 Å². The van der Waals surface area contributed by atoms with Gasteiger partial charge >= 0.3 is 18.2 Å². The average Bonchev–Trinajstić information content (AvgIpc) is 3.35. The molecule has 2 heterocycles. The highest BCUT2D eigenvalue weighted by atomic mass is 32.2. The standard InChI is InChI=1S/C29H32F3N3O5S2/c1-4-39-28(38)35-13-11-34(12-14-35)16-23-25(42-26(33-23)20-5-7-21(8-6-20)29(30,31)32)17-41-22-9-10-24(18(2)15-22)40-19(3)27(36)37/h5-10,15,19H,4,11-14,16-17H2,1-3H3,(H,36,37). The molecule has 1 aliphatic heterocycles. The lowest BCUT2D eigenvalue weighted by Gasteiger charge is -2.33. The van der Waals surface area contributed by atoms with Crippen LogP contribution in [0.4, 0.5) is 18.0 Å². The van der Waals surface area contributed by atoms with Gasteiger partial charge < -0.3 is 19.5 Å². The summed E-state index contributed by atoms with van der Waals surface area (Å²) in [5, 5.41) is 9.77. The van der Waals surface area contributed by atoms with Crippen LogP contribution in [0.25, 0.3) is 10.6 Å². The van der Waals surface area contributed by atoms with Gasteiger partial charge in [0.25, 0.3) is 0 Å². The van der Waals surface area contributed by atoms with Crippen LogP contribution in [0.1, 0.15) is 35.5 Å². The van der Waals surface area contributed by atoms with Gasteiger partial charge in [0.05, 0.1) is 17.9 Å². The summed E-state index contributed by atoms with van der Waals surface area (Å²) in [5.74, 6) is 0.0396. The molecule has 1 amide bonds. The summed E-state index contributed by atoms with van der Waals surface area (Å²) in [6.45, 7) is 8.33. The highest BCUT2D eigenvalue weighted by molar-refractivity contribution is 7.98. The van der Waals surface area contributed by atoms with Crippen molar-refractivity contribution in [1.29, 1.82) is 0 Å². The molecule has 0 aliphatic carbocycles. The second-order valence-corrected chi connectivity index (χ2v) is 11.9. The number of rotatable bonds is 10. The molecule has 1 atom stereocenters. The van der Waals surface area contributed by atoms with Crippen molar-refractivity contribution in [1.82, 2.24) is 14.8 Å². The number of benzene rings is 2. The number of ether oxygens (including phenoxy) is 2. The van der Waals surface area contributed by atoms with Crippen LogP contribution in [0.5, 0.6) is 5.75 Å². The Kier molecular flexibility index (Phi) is 10.4. The number of amides is 1. The molecule has 13 heteroatoms. The quantitative estimate of drug-likeness (QED) is 0.254. The predicted molar refractivity (Wildman–Crippen MR) is 155 cm³/mol. The molecule has 0 bridgehead atoms. The van der Waals surface area contributed by atoms with Gasteiger partial charge in [-0.3, -0.25) is 4.90 Å². The van der Waals surface area contributed by atoms with E-state index in [1.807, 2.05) is 19.1 Å². The molecule has 4 rings (SSSR count). The molecule has 226 valence electrons. The Balaban J connectivity index is 1.51. The first-order chi connectivity index (χ1) is 19.9. The van der Waals surface area contributed by atoms with E-state index in [0.29, 0.717) is 61.4 Å². The van der Waals surface area contributed by atoms with Crippen molar-refractivity contribution in [2.24, 2.45) is 0 Å².